The number of nitrogens with two attached hydrogens (primary N) is 1. The summed E-state index contributed by atoms with van der Waals surface area (Å²) in [7, 11) is -3.43. The van der Waals surface area contributed by atoms with E-state index in [9.17, 15) is 13.2 Å². The number of rotatable bonds is 3. The Morgan fingerprint density at radius 2 is 2.05 bits per heavy atom. The normalized spacial score (nSPS) is 23.3. The van der Waals surface area contributed by atoms with Crippen LogP contribution in [0.2, 0.25) is 0 Å². The average molecular weight is 327 g/mol. The summed E-state index contributed by atoms with van der Waals surface area (Å²) in [5.74, 6) is 1.11. The molecule has 8 nitrogen and oxygen atoms in total. The molecule has 0 bridgehead atoms. The van der Waals surface area contributed by atoms with Gasteiger partial charge >= 0.3 is 0 Å². The van der Waals surface area contributed by atoms with Gasteiger partial charge in [0.25, 0.3) is 0 Å². The van der Waals surface area contributed by atoms with E-state index in [1.165, 1.54) is 6.33 Å². The van der Waals surface area contributed by atoms with Crippen molar-refractivity contribution < 1.29 is 13.2 Å². The topological polar surface area (TPSA) is 111 Å². The fourth-order valence-corrected chi connectivity index (χ4v) is 4.34. The number of likely N-dealkylation sites (tertiary alicyclic amines) is 1. The summed E-state index contributed by atoms with van der Waals surface area (Å²) < 4.78 is 24.1. The van der Waals surface area contributed by atoms with E-state index in [-0.39, 0.29) is 23.5 Å². The molecule has 1 fully saturated rings. The molecular weight excluding hydrogens is 306 g/mol. The first kappa shape index (κ1) is 15.4. The van der Waals surface area contributed by atoms with Gasteiger partial charge in [-0.3, -0.25) is 4.79 Å². The second-order valence-electron chi connectivity index (χ2n) is 6.19. The third-order valence-electron chi connectivity index (χ3n) is 4.55. The average Bonchev–Trinajstić information content (AvgIpc) is 2.93. The van der Waals surface area contributed by atoms with Crippen LogP contribution >= 0.6 is 0 Å². The summed E-state index contributed by atoms with van der Waals surface area (Å²) in [6, 6.07) is 0. The van der Waals surface area contributed by atoms with Gasteiger partial charge in [0.2, 0.25) is 15.9 Å². The van der Waals surface area contributed by atoms with Crippen molar-refractivity contribution in [2.45, 2.75) is 32.2 Å². The first-order chi connectivity index (χ1) is 10.4. The Hall–Kier alpha value is -1.48. The van der Waals surface area contributed by atoms with Gasteiger partial charge in [0.05, 0.1) is 18.2 Å². The molecule has 0 aromatic carbocycles. The van der Waals surface area contributed by atoms with Crippen LogP contribution in [-0.4, -0.2) is 52.8 Å². The van der Waals surface area contributed by atoms with Crippen LogP contribution in [0.5, 0.6) is 0 Å². The summed E-state index contributed by atoms with van der Waals surface area (Å²) >= 11 is 0. The quantitative estimate of drug-likeness (QED) is 0.794. The van der Waals surface area contributed by atoms with Crippen LogP contribution in [0.3, 0.4) is 0 Å². The Labute approximate surface area is 129 Å². The zero-order valence-electron chi connectivity index (χ0n) is 12.4. The molecule has 122 valence electrons. The van der Waals surface area contributed by atoms with E-state index in [0.717, 1.165) is 18.7 Å². The first-order valence-corrected chi connectivity index (χ1v) is 9.30. The Bertz CT molecular complexity index is 648. The van der Waals surface area contributed by atoms with Gasteiger partial charge in [-0.05, 0) is 25.2 Å². The summed E-state index contributed by atoms with van der Waals surface area (Å²) in [6.45, 7) is 1.81. The summed E-state index contributed by atoms with van der Waals surface area (Å²) in [4.78, 5) is 18.6. The summed E-state index contributed by atoms with van der Waals surface area (Å²) in [5.41, 5.74) is 0. The maximum atomic E-state index is 12.6. The second kappa shape index (κ2) is 5.96. The number of amides is 1. The number of aryl methyl sites for hydroxylation is 1. The molecule has 1 amide bonds. The van der Waals surface area contributed by atoms with Crippen LogP contribution in [0.4, 0.5) is 0 Å². The number of fused-ring (bicyclic) bond motifs is 1. The van der Waals surface area contributed by atoms with Crippen LogP contribution in [0.1, 0.15) is 25.1 Å². The van der Waals surface area contributed by atoms with Crippen molar-refractivity contribution in [1.82, 2.24) is 19.7 Å². The zero-order valence-corrected chi connectivity index (χ0v) is 13.2. The van der Waals surface area contributed by atoms with E-state index in [4.69, 9.17) is 5.14 Å². The Kier molecular flexibility index (Phi) is 4.18. The highest BCUT2D eigenvalue weighted by molar-refractivity contribution is 7.89. The minimum Gasteiger partial charge on any atom is -0.342 e. The fourth-order valence-electron chi connectivity index (χ4n) is 3.35. The zero-order chi connectivity index (χ0) is 15.7. The molecule has 2 aliphatic heterocycles. The monoisotopic (exact) mass is 327 g/mol. The van der Waals surface area contributed by atoms with Crippen LogP contribution < -0.4 is 5.14 Å². The molecule has 1 aromatic rings. The number of sulfonamides is 1. The molecule has 0 radical (unpaired) electrons. The predicted octanol–water partition coefficient (Wildman–Crippen LogP) is -0.632. The lowest BCUT2D eigenvalue weighted by atomic mass is 9.94. The molecule has 1 aromatic heterocycles. The molecule has 3 heterocycles. The second-order valence-corrected chi connectivity index (χ2v) is 7.85. The Morgan fingerprint density at radius 1 is 1.32 bits per heavy atom. The molecule has 2 aliphatic rings. The predicted molar refractivity (Wildman–Crippen MR) is 79.1 cm³/mol. The van der Waals surface area contributed by atoms with Crippen molar-refractivity contribution in [3.05, 3.63) is 12.2 Å². The smallest absolute Gasteiger partial charge is 0.227 e. The first-order valence-electron chi connectivity index (χ1n) is 7.58. The highest BCUT2D eigenvalue weighted by atomic mass is 32.2. The minimum atomic E-state index is -3.43. The number of carbonyl (C=O) groups excluding carboxylic acids is 1. The van der Waals surface area contributed by atoms with E-state index >= 15 is 0 Å². The molecule has 0 aliphatic carbocycles. The van der Waals surface area contributed by atoms with Crippen molar-refractivity contribution in [3.63, 3.8) is 0 Å². The van der Waals surface area contributed by atoms with E-state index in [1.807, 2.05) is 4.90 Å². The SMILES string of the molecule is NS(=O)(=O)CC1CCN(C(=O)C2CCc3ncnn3C2)CC1. The lowest BCUT2D eigenvalue weighted by Crippen LogP contribution is -2.45. The molecule has 1 atom stereocenters. The van der Waals surface area contributed by atoms with Crippen LogP contribution in [0.25, 0.3) is 0 Å². The highest BCUT2D eigenvalue weighted by Crippen LogP contribution is 2.24. The van der Waals surface area contributed by atoms with Crippen molar-refractivity contribution >= 4 is 15.9 Å². The van der Waals surface area contributed by atoms with Crippen LogP contribution in [0, 0.1) is 11.8 Å². The molecule has 2 N–H and O–H groups in total. The van der Waals surface area contributed by atoms with Gasteiger partial charge in [-0.25, -0.2) is 23.2 Å². The fraction of sp³-hybridized carbons (Fsp3) is 0.769. The van der Waals surface area contributed by atoms with Gasteiger partial charge in [0.1, 0.15) is 12.2 Å². The number of primary sulfonamides is 1. The Balaban J connectivity index is 1.54. The van der Waals surface area contributed by atoms with E-state index < -0.39 is 10.0 Å². The number of aromatic nitrogens is 3. The lowest BCUT2D eigenvalue weighted by molar-refractivity contribution is -0.138. The van der Waals surface area contributed by atoms with Crippen molar-refractivity contribution in [3.8, 4) is 0 Å². The number of nitrogens with zero attached hydrogens (tertiary/aromatic N) is 4. The molecule has 0 spiro atoms. The maximum absolute atomic E-state index is 12.6. The van der Waals surface area contributed by atoms with E-state index in [2.05, 4.69) is 10.1 Å². The maximum Gasteiger partial charge on any atom is 0.227 e. The van der Waals surface area contributed by atoms with Crippen molar-refractivity contribution in [1.29, 1.82) is 0 Å². The lowest BCUT2D eigenvalue weighted by Gasteiger charge is -2.34. The van der Waals surface area contributed by atoms with E-state index in [0.29, 0.717) is 32.5 Å². The van der Waals surface area contributed by atoms with Crippen LogP contribution in [-0.2, 0) is 27.8 Å². The Morgan fingerprint density at radius 3 is 2.73 bits per heavy atom. The number of carbonyl (C=O) groups is 1. The summed E-state index contributed by atoms with van der Waals surface area (Å²) in [5, 5.41) is 9.23. The van der Waals surface area contributed by atoms with Crippen molar-refractivity contribution in [2.75, 3.05) is 18.8 Å². The molecular formula is C13H21N5O3S. The van der Waals surface area contributed by atoms with Gasteiger partial charge in [-0.15, -0.1) is 0 Å². The summed E-state index contributed by atoms with van der Waals surface area (Å²) in [6.07, 6.45) is 4.50. The number of hydrogen-bond acceptors (Lipinski definition) is 5. The van der Waals surface area contributed by atoms with Gasteiger partial charge in [-0.1, -0.05) is 0 Å². The molecule has 9 heteroatoms. The van der Waals surface area contributed by atoms with Crippen LogP contribution in [0.15, 0.2) is 6.33 Å². The molecule has 0 saturated carbocycles. The number of piperidine rings is 1. The largest absolute Gasteiger partial charge is 0.342 e. The van der Waals surface area contributed by atoms with E-state index in [1.54, 1.807) is 4.68 Å². The molecule has 1 saturated heterocycles. The standard InChI is InChI=1S/C13H21N5O3S/c14-22(20,21)8-10-3-5-17(6-4-10)13(19)11-1-2-12-15-9-16-18(12)7-11/h9-11H,1-8H2,(H2,14,20,21). The molecule has 22 heavy (non-hydrogen) atoms. The molecule has 3 rings (SSSR count). The molecule has 1 unspecified atom stereocenters. The van der Waals surface area contributed by atoms with Gasteiger partial charge in [-0.2, -0.15) is 5.10 Å². The van der Waals surface area contributed by atoms with Crippen molar-refractivity contribution in [2.24, 2.45) is 17.0 Å². The van der Waals surface area contributed by atoms with Gasteiger partial charge in [0, 0.05) is 19.5 Å². The third-order valence-corrected chi connectivity index (χ3v) is 5.48. The van der Waals surface area contributed by atoms with Gasteiger partial charge < -0.3 is 4.90 Å². The highest BCUT2D eigenvalue weighted by Gasteiger charge is 2.32. The minimum absolute atomic E-state index is 0.0147. The third kappa shape index (κ3) is 3.46. The number of hydrogen-bond donors (Lipinski definition) is 1. The van der Waals surface area contributed by atoms with Gasteiger partial charge in [0.15, 0.2) is 0 Å².